The second kappa shape index (κ2) is 9.29. The molecule has 1 fully saturated rings. The van der Waals surface area contributed by atoms with Gasteiger partial charge in [0.2, 0.25) is 0 Å². The Morgan fingerprint density at radius 2 is 2.06 bits per heavy atom. The molecule has 7 nitrogen and oxygen atoms in total. The van der Waals surface area contributed by atoms with Gasteiger partial charge in [0.15, 0.2) is 0 Å². The van der Waals surface area contributed by atoms with Crippen molar-refractivity contribution in [2.45, 2.75) is 59.9 Å². The molecule has 2 aliphatic rings. The maximum atomic E-state index is 13.0. The third-order valence-electron chi connectivity index (χ3n) is 6.87. The topological polar surface area (TPSA) is 82.5 Å². The van der Waals surface area contributed by atoms with Gasteiger partial charge in [-0.1, -0.05) is 31.5 Å². The number of aryl methyl sites for hydroxylation is 2. The Labute approximate surface area is 195 Å². The third-order valence-corrected chi connectivity index (χ3v) is 6.87. The van der Waals surface area contributed by atoms with Crippen molar-refractivity contribution in [2.24, 2.45) is 10.8 Å². The molecule has 0 unspecified atom stereocenters. The van der Waals surface area contributed by atoms with E-state index in [4.69, 9.17) is 14.6 Å². The maximum absolute atomic E-state index is 13.0. The van der Waals surface area contributed by atoms with Gasteiger partial charge in [-0.2, -0.15) is 5.10 Å². The summed E-state index contributed by atoms with van der Waals surface area (Å²) in [5.41, 5.74) is 3.94. The number of esters is 1. The maximum Gasteiger partial charge on any atom is 0.338 e. The van der Waals surface area contributed by atoms with Crippen LogP contribution in [0.3, 0.4) is 0 Å². The summed E-state index contributed by atoms with van der Waals surface area (Å²) in [4.78, 5) is 25.6. The molecular formula is C26H35N3O4. The number of carbonyl (C=O) groups excluding carboxylic acids is 2. The third kappa shape index (κ3) is 5.13. The van der Waals surface area contributed by atoms with Crippen LogP contribution in [0.2, 0.25) is 0 Å². The van der Waals surface area contributed by atoms with Crippen LogP contribution in [0.5, 0.6) is 0 Å². The number of fused-ring (bicyclic) bond motifs is 1. The predicted molar refractivity (Wildman–Crippen MR) is 125 cm³/mol. The fraction of sp³-hybridized carbons (Fsp3) is 0.577. The highest BCUT2D eigenvalue weighted by molar-refractivity contribution is 5.95. The zero-order chi connectivity index (χ0) is 23.6. The second-order valence-corrected chi connectivity index (χ2v) is 10.3. The first-order valence-corrected chi connectivity index (χ1v) is 11.9. The van der Waals surface area contributed by atoms with E-state index in [-0.39, 0.29) is 29.3 Å². The van der Waals surface area contributed by atoms with Gasteiger partial charge < -0.3 is 14.8 Å². The van der Waals surface area contributed by atoms with Crippen molar-refractivity contribution in [3.05, 3.63) is 52.3 Å². The van der Waals surface area contributed by atoms with Crippen LogP contribution < -0.4 is 5.32 Å². The minimum Gasteiger partial charge on any atom is -0.462 e. The number of amides is 1. The first-order chi connectivity index (χ1) is 15.7. The van der Waals surface area contributed by atoms with E-state index in [9.17, 15) is 9.59 Å². The van der Waals surface area contributed by atoms with Crippen LogP contribution >= 0.6 is 0 Å². The molecule has 0 saturated carbocycles. The summed E-state index contributed by atoms with van der Waals surface area (Å²) in [6.45, 7) is 11.2. The first kappa shape index (κ1) is 23.5. The van der Waals surface area contributed by atoms with Gasteiger partial charge in [-0.3, -0.25) is 9.48 Å². The summed E-state index contributed by atoms with van der Waals surface area (Å²) < 4.78 is 13.1. The molecule has 1 amide bonds. The van der Waals surface area contributed by atoms with E-state index in [0.717, 1.165) is 49.3 Å². The Morgan fingerprint density at radius 3 is 2.76 bits per heavy atom. The van der Waals surface area contributed by atoms with Crippen LogP contribution in [0.4, 0.5) is 0 Å². The van der Waals surface area contributed by atoms with Crippen molar-refractivity contribution >= 4 is 11.9 Å². The second-order valence-electron chi connectivity index (χ2n) is 10.3. The molecule has 1 spiro atoms. The molecule has 2 aromatic rings. The monoisotopic (exact) mass is 453 g/mol. The minimum absolute atomic E-state index is 0.0112. The van der Waals surface area contributed by atoms with Crippen molar-refractivity contribution in [3.63, 3.8) is 0 Å². The lowest BCUT2D eigenvalue weighted by Gasteiger charge is -2.36. The van der Waals surface area contributed by atoms with Gasteiger partial charge in [0.1, 0.15) is 5.69 Å². The zero-order valence-electron chi connectivity index (χ0n) is 20.2. The van der Waals surface area contributed by atoms with Gasteiger partial charge in [0.25, 0.3) is 5.91 Å². The van der Waals surface area contributed by atoms with Crippen LogP contribution in [-0.4, -0.2) is 48.0 Å². The Hall–Kier alpha value is -2.67. The van der Waals surface area contributed by atoms with E-state index in [2.05, 4.69) is 19.2 Å². The van der Waals surface area contributed by atoms with Crippen molar-refractivity contribution in [3.8, 4) is 0 Å². The summed E-state index contributed by atoms with van der Waals surface area (Å²) in [7, 11) is 0. The van der Waals surface area contributed by atoms with E-state index >= 15 is 0 Å². The molecule has 0 aliphatic carbocycles. The molecule has 178 valence electrons. The molecule has 3 heterocycles. The van der Waals surface area contributed by atoms with Gasteiger partial charge >= 0.3 is 5.97 Å². The lowest BCUT2D eigenvalue weighted by Crippen LogP contribution is -2.40. The summed E-state index contributed by atoms with van der Waals surface area (Å²) in [5.74, 6) is -0.358. The van der Waals surface area contributed by atoms with Crippen LogP contribution in [0.1, 0.15) is 71.3 Å². The van der Waals surface area contributed by atoms with Crippen LogP contribution in [0.25, 0.3) is 0 Å². The van der Waals surface area contributed by atoms with Crippen molar-refractivity contribution in [2.75, 3.05) is 26.4 Å². The average molecular weight is 454 g/mol. The fourth-order valence-corrected chi connectivity index (χ4v) is 4.93. The number of aromatic nitrogens is 2. The molecule has 0 bridgehead atoms. The Kier molecular flexibility index (Phi) is 6.61. The molecule has 1 aromatic carbocycles. The van der Waals surface area contributed by atoms with E-state index < -0.39 is 0 Å². The standard InChI is InChI=1S/C26H35N3O4/c1-5-29-22-20(14-26(16-27-23(22)30)9-11-32-12-10-26)21(28-29)15-25(3,4)17-33-24(31)19-8-6-7-18(2)13-19/h6-8,13H,5,9-12,14-17H2,1-4H3,(H,27,30). The van der Waals surface area contributed by atoms with Crippen molar-refractivity contribution < 1.29 is 19.1 Å². The molecular weight excluding hydrogens is 418 g/mol. The first-order valence-electron chi connectivity index (χ1n) is 11.9. The lowest BCUT2D eigenvalue weighted by molar-refractivity contribution is 0.0159. The van der Waals surface area contributed by atoms with E-state index in [1.54, 1.807) is 6.07 Å². The number of rotatable bonds is 6. The largest absolute Gasteiger partial charge is 0.462 e. The molecule has 2 aliphatic heterocycles. The normalized spacial score (nSPS) is 17.9. The Bertz CT molecular complexity index is 1030. The molecule has 1 saturated heterocycles. The van der Waals surface area contributed by atoms with Gasteiger partial charge in [-0.05, 0) is 50.7 Å². The van der Waals surface area contributed by atoms with Crippen LogP contribution in [0, 0.1) is 17.8 Å². The average Bonchev–Trinajstić information content (AvgIpc) is 3.05. The van der Waals surface area contributed by atoms with E-state index in [0.29, 0.717) is 30.8 Å². The van der Waals surface area contributed by atoms with Gasteiger partial charge in [-0.15, -0.1) is 0 Å². The molecule has 1 aromatic heterocycles. The number of hydrogen-bond donors (Lipinski definition) is 1. The number of ether oxygens (including phenoxy) is 2. The van der Waals surface area contributed by atoms with Gasteiger partial charge in [-0.25, -0.2) is 4.79 Å². The highest BCUT2D eigenvalue weighted by Gasteiger charge is 2.40. The zero-order valence-corrected chi connectivity index (χ0v) is 20.2. The number of benzene rings is 1. The number of hydrogen-bond acceptors (Lipinski definition) is 5. The molecule has 33 heavy (non-hydrogen) atoms. The fourth-order valence-electron chi connectivity index (χ4n) is 4.93. The quantitative estimate of drug-likeness (QED) is 0.674. The Balaban J connectivity index is 1.55. The number of nitrogens with one attached hydrogen (secondary N) is 1. The smallest absolute Gasteiger partial charge is 0.338 e. The van der Waals surface area contributed by atoms with Gasteiger partial charge in [0.05, 0.1) is 17.9 Å². The summed E-state index contributed by atoms with van der Waals surface area (Å²) in [6.07, 6.45) is 3.31. The minimum atomic E-state index is -0.328. The van der Waals surface area contributed by atoms with Gasteiger partial charge in [0, 0.05) is 43.7 Å². The number of carbonyl (C=O) groups is 2. The van der Waals surface area contributed by atoms with Crippen molar-refractivity contribution in [1.82, 2.24) is 15.1 Å². The van der Waals surface area contributed by atoms with Crippen LogP contribution in [0.15, 0.2) is 24.3 Å². The molecule has 0 radical (unpaired) electrons. The molecule has 7 heteroatoms. The predicted octanol–water partition coefficient (Wildman–Crippen LogP) is 3.72. The van der Waals surface area contributed by atoms with E-state index in [1.165, 1.54) is 0 Å². The Morgan fingerprint density at radius 1 is 1.30 bits per heavy atom. The van der Waals surface area contributed by atoms with Crippen molar-refractivity contribution in [1.29, 1.82) is 0 Å². The molecule has 1 N–H and O–H groups in total. The van der Waals surface area contributed by atoms with E-state index in [1.807, 2.05) is 36.7 Å². The summed E-state index contributed by atoms with van der Waals surface area (Å²) >= 11 is 0. The molecule has 0 atom stereocenters. The SMILES string of the molecule is CCn1nc(CC(C)(C)COC(=O)c2cccc(C)c2)c2c1C(=O)NCC1(CCOCC1)C2. The van der Waals surface area contributed by atoms with Crippen LogP contribution in [-0.2, 0) is 28.9 Å². The summed E-state index contributed by atoms with van der Waals surface area (Å²) in [6, 6.07) is 7.43. The number of nitrogens with zero attached hydrogens (tertiary/aromatic N) is 2. The lowest BCUT2D eigenvalue weighted by atomic mass is 9.74. The highest BCUT2D eigenvalue weighted by Crippen LogP contribution is 2.38. The molecule has 4 rings (SSSR count). The summed E-state index contributed by atoms with van der Waals surface area (Å²) in [5, 5.41) is 8.00. The highest BCUT2D eigenvalue weighted by atomic mass is 16.5.